The lowest BCUT2D eigenvalue weighted by atomic mass is 10.3. The Hall–Kier alpha value is -0.660. The van der Waals surface area contributed by atoms with Crippen LogP contribution < -0.4 is 4.72 Å². The van der Waals surface area contributed by atoms with Crippen LogP contribution in [0, 0.1) is 0 Å². The lowest BCUT2D eigenvalue weighted by Gasteiger charge is -2.13. The normalized spacial score (nSPS) is 13.6. The van der Waals surface area contributed by atoms with Gasteiger partial charge in [-0.05, 0) is 6.42 Å². The number of nitrogens with one attached hydrogen (secondary N) is 1. The van der Waals surface area contributed by atoms with E-state index >= 15 is 0 Å². The van der Waals surface area contributed by atoms with Crippen molar-refractivity contribution in [3.8, 4) is 0 Å². The minimum atomic E-state index is -3.70. The van der Waals surface area contributed by atoms with E-state index in [1.165, 1.54) is 0 Å². The van der Waals surface area contributed by atoms with E-state index in [2.05, 4.69) is 9.46 Å². The smallest absolute Gasteiger partial charge is 0.322 e. The van der Waals surface area contributed by atoms with Crippen molar-refractivity contribution in [1.82, 2.24) is 4.72 Å². The highest BCUT2D eigenvalue weighted by molar-refractivity contribution is 7.90. The average Bonchev–Trinajstić information content (AvgIpc) is 2.13. The molecule has 0 saturated carbocycles. The number of hydrogen-bond acceptors (Lipinski definition) is 5. The van der Waals surface area contributed by atoms with Crippen molar-refractivity contribution in [3.63, 3.8) is 0 Å². The van der Waals surface area contributed by atoms with Gasteiger partial charge in [0.25, 0.3) is 0 Å². The Bertz CT molecular complexity index is 270. The van der Waals surface area contributed by atoms with Crippen LogP contribution in [-0.4, -0.2) is 45.0 Å². The third kappa shape index (κ3) is 5.15. The Morgan fingerprint density at radius 2 is 2.14 bits per heavy atom. The van der Waals surface area contributed by atoms with Crippen molar-refractivity contribution in [2.24, 2.45) is 0 Å². The molecule has 0 rings (SSSR count). The summed E-state index contributed by atoms with van der Waals surface area (Å²) < 4.78 is 28.8. The highest BCUT2D eigenvalue weighted by atomic mass is 32.2. The molecule has 0 aromatic heterocycles. The molecule has 0 spiro atoms. The highest BCUT2D eigenvalue weighted by Crippen LogP contribution is 1.94. The van der Waals surface area contributed by atoms with Gasteiger partial charge in [-0.25, -0.2) is 13.1 Å². The number of aliphatic hydroxyl groups excluding tert-OH is 1. The van der Waals surface area contributed by atoms with Crippen LogP contribution >= 0.6 is 0 Å². The summed E-state index contributed by atoms with van der Waals surface area (Å²) in [5.41, 5.74) is 0. The second kappa shape index (κ2) is 5.94. The molecule has 0 aromatic carbocycles. The number of sulfonamides is 1. The molecule has 0 aliphatic rings. The van der Waals surface area contributed by atoms with Gasteiger partial charge in [0.1, 0.15) is 0 Å². The molecule has 0 fully saturated rings. The van der Waals surface area contributed by atoms with Gasteiger partial charge in [-0.2, -0.15) is 0 Å². The Morgan fingerprint density at radius 1 is 1.57 bits per heavy atom. The Morgan fingerprint density at radius 3 is 2.50 bits per heavy atom. The predicted molar refractivity (Wildman–Crippen MR) is 50.1 cm³/mol. The van der Waals surface area contributed by atoms with Gasteiger partial charge in [0.15, 0.2) is 5.75 Å². The van der Waals surface area contributed by atoms with Gasteiger partial charge in [0.2, 0.25) is 10.0 Å². The van der Waals surface area contributed by atoms with Crippen molar-refractivity contribution in [1.29, 1.82) is 0 Å². The molecule has 0 bridgehead atoms. The summed E-state index contributed by atoms with van der Waals surface area (Å²) >= 11 is 0. The minimum absolute atomic E-state index is 0.295. The van der Waals surface area contributed by atoms with Gasteiger partial charge in [-0.3, -0.25) is 4.79 Å². The second-order valence-corrected chi connectivity index (χ2v) is 4.49. The average molecular weight is 225 g/mol. The van der Waals surface area contributed by atoms with Gasteiger partial charge in [-0.1, -0.05) is 6.92 Å². The minimum Gasteiger partial charge on any atom is -0.468 e. The van der Waals surface area contributed by atoms with E-state index in [4.69, 9.17) is 5.11 Å². The zero-order valence-electron chi connectivity index (χ0n) is 8.19. The van der Waals surface area contributed by atoms with Crippen LogP contribution in [-0.2, 0) is 19.6 Å². The fourth-order valence-electron chi connectivity index (χ4n) is 0.759. The molecule has 7 heteroatoms. The molecule has 2 N–H and O–H groups in total. The van der Waals surface area contributed by atoms with E-state index in [1.54, 1.807) is 6.92 Å². The number of aliphatic hydroxyl groups is 1. The number of hydrogen-bond donors (Lipinski definition) is 2. The number of esters is 1. The van der Waals surface area contributed by atoms with E-state index in [0.717, 1.165) is 7.11 Å². The first-order chi connectivity index (χ1) is 6.45. The van der Waals surface area contributed by atoms with E-state index in [-0.39, 0.29) is 6.61 Å². The molecule has 84 valence electrons. The number of rotatable bonds is 6. The first-order valence-corrected chi connectivity index (χ1v) is 5.78. The van der Waals surface area contributed by atoms with Crippen molar-refractivity contribution < 1.29 is 23.1 Å². The molecule has 14 heavy (non-hydrogen) atoms. The van der Waals surface area contributed by atoms with Crippen LogP contribution in [0.3, 0.4) is 0 Å². The molecule has 6 nitrogen and oxygen atoms in total. The van der Waals surface area contributed by atoms with Crippen LogP contribution in [0.5, 0.6) is 0 Å². The second-order valence-electron chi connectivity index (χ2n) is 2.74. The Labute approximate surface area is 83.3 Å². The molecule has 0 radical (unpaired) electrons. The summed E-state index contributed by atoms with van der Waals surface area (Å²) in [6, 6.07) is -0.551. The molecule has 0 unspecified atom stereocenters. The molecule has 1 atom stereocenters. The molecule has 0 heterocycles. The summed E-state index contributed by atoms with van der Waals surface area (Å²) in [5, 5.41) is 8.74. The van der Waals surface area contributed by atoms with Gasteiger partial charge in [-0.15, -0.1) is 0 Å². The van der Waals surface area contributed by atoms with Crippen molar-refractivity contribution in [2.45, 2.75) is 19.4 Å². The number of ether oxygens (including phenoxy) is 1. The van der Waals surface area contributed by atoms with Crippen molar-refractivity contribution in [2.75, 3.05) is 19.5 Å². The van der Waals surface area contributed by atoms with Gasteiger partial charge in [0, 0.05) is 6.04 Å². The van der Waals surface area contributed by atoms with Crippen molar-refractivity contribution >= 4 is 16.0 Å². The molecule has 0 aliphatic carbocycles. The fraction of sp³-hybridized carbons (Fsp3) is 0.857. The lowest BCUT2D eigenvalue weighted by Crippen LogP contribution is -2.40. The first kappa shape index (κ1) is 13.3. The highest BCUT2D eigenvalue weighted by Gasteiger charge is 2.20. The van der Waals surface area contributed by atoms with Crippen LogP contribution in [0.25, 0.3) is 0 Å². The zero-order chi connectivity index (χ0) is 11.2. The molecular formula is C7H15NO5S. The molecule has 0 aliphatic heterocycles. The monoisotopic (exact) mass is 225 g/mol. The van der Waals surface area contributed by atoms with Crippen LogP contribution in [0.2, 0.25) is 0 Å². The summed E-state index contributed by atoms with van der Waals surface area (Å²) in [5.74, 6) is -1.55. The summed E-state index contributed by atoms with van der Waals surface area (Å²) in [6.07, 6.45) is 0.455. The maximum atomic E-state index is 11.2. The first-order valence-electron chi connectivity index (χ1n) is 4.12. The standard InChI is InChI=1S/C7H15NO5S/c1-3-6(4-9)8-14(11,12)5-7(10)13-2/h6,8-9H,3-5H2,1-2H3/t6-/m0/s1. The number of carbonyl (C=O) groups excluding carboxylic acids is 1. The van der Waals surface area contributed by atoms with E-state index in [9.17, 15) is 13.2 Å². The SMILES string of the molecule is CC[C@@H](CO)NS(=O)(=O)CC(=O)OC. The molecule has 0 aromatic rings. The van der Waals surface area contributed by atoms with E-state index in [0.29, 0.717) is 6.42 Å². The topological polar surface area (TPSA) is 92.7 Å². The Balaban J connectivity index is 4.27. The van der Waals surface area contributed by atoms with Crippen LogP contribution in [0.15, 0.2) is 0 Å². The summed E-state index contributed by atoms with van der Waals surface area (Å²) in [6.45, 7) is 1.43. The van der Waals surface area contributed by atoms with Crippen LogP contribution in [0.4, 0.5) is 0 Å². The van der Waals surface area contributed by atoms with Crippen LogP contribution in [0.1, 0.15) is 13.3 Å². The van der Waals surface area contributed by atoms with E-state index in [1.807, 2.05) is 0 Å². The predicted octanol–water partition coefficient (Wildman–Crippen LogP) is -1.15. The molecule has 0 amide bonds. The third-order valence-corrected chi connectivity index (χ3v) is 2.90. The quantitative estimate of drug-likeness (QED) is 0.557. The van der Waals surface area contributed by atoms with Crippen molar-refractivity contribution in [3.05, 3.63) is 0 Å². The summed E-state index contributed by atoms with van der Waals surface area (Å²) in [7, 11) is -2.59. The number of methoxy groups -OCH3 is 1. The maximum Gasteiger partial charge on any atom is 0.322 e. The number of carbonyl (C=O) groups is 1. The zero-order valence-corrected chi connectivity index (χ0v) is 9.00. The van der Waals surface area contributed by atoms with Gasteiger partial charge < -0.3 is 9.84 Å². The Kier molecular flexibility index (Phi) is 5.66. The third-order valence-electron chi connectivity index (χ3n) is 1.59. The molecular weight excluding hydrogens is 210 g/mol. The van der Waals surface area contributed by atoms with E-state index < -0.39 is 27.8 Å². The summed E-state index contributed by atoms with van der Waals surface area (Å²) in [4.78, 5) is 10.7. The molecule has 0 saturated heterocycles. The fourth-order valence-corrected chi connectivity index (χ4v) is 2.02. The van der Waals surface area contributed by atoms with Gasteiger partial charge >= 0.3 is 5.97 Å². The maximum absolute atomic E-state index is 11.2. The van der Waals surface area contributed by atoms with Gasteiger partial charge in [0.05, 0.1) is 13.7 Å². The largest absolute Gasteiger partial charge is 0.468 e. The lowest BCUT2D eigenvalue weighted by molar-refractivity contribution is -0.137.